The first kappa shape index (κ1) is 13.4. The molecule has 0 fully saturated rings. The van der Waals surface area contributed by atoms with Crippen molar-refractivity contribution in [1.82, 2.24) is 9.71 Å². The average molecular weight is 263 g/mol. The maximum Gasteiger partial charge on any atom is 0.433 e. The van der Waals surface area contributed by atoms with Crippen molar-refractivity contribution < 1.29 is 17.4 Å². The van der Waals surface area contributed by atoms with Crippen LogP contribution in [0.4, 0.5) is 13.2 Å². The predicted octanol–water partition coefficient (Wildman–Crippen LogP) is 1.90. The molecule has 1 rings (SSSR count). The van der Waals surface area contributed by atoms with E-state index < -0.39 is 28.1 Å². The Balaban J connectivity index is 2.89. The van der Waals surface area contributed by atoms with Crippen LogP contribution >= 0.6 is 0 Å². The van der Waals surface area contributed by atoms with Gasteiger partial charge in [0.05, 0.1) is 5.25 Å². The summed E-state index contributed by atoms with van der Waals surface area (Å²) in [6.45, 7) is 1.52. The number of nitriles is 1. The molecular formula is C9H8F3N3OS. The highest BCUT2D eigenvalue weighted by molar-refractivity contribution is 7.83. The summed E-state index contributed by atoms with van der Waals surface area (Å²) in [7, 11) is -1.68. The zero-order valence-corrected chi connectivity index (χ0v) is 9.47. The van der Waals surface area contributed by atoms with E-state index in [4.69, 9.17) is 5.26 Å². The smallest absolute Gasteiger partial charge is 0.251 e. The van der Waals surface area contributed by atoms with Crippen LogP contribution in [0.25, 0.3) is 0 Å². The fourth-order valence-corrected chi connectivity index (χ4v) is 1.72. The van der Waals surface area contributed by atoms with E-state index in [-0.39, 0.29) is 0 Å². The van der Waals surface area contributed by atoms with E-state index in [2.05, 4.69) is 4.98 Å². The van der Waals surface area contributed by atoms with E-state index in [1.165, 1.54) is 19.2 Å². The molecular weight excluding hydrogens is 255 g/mol. The van der Waals surface area contributed by atoms with Gasteiger partial charge in [-0.2, -0.15) is 18.4 Å². The third-order valence-electron chi connectivity index (χ3n) is 2.01. The summed E-state index contributed by atoms with van der Waals surface area (Å²) in [5.41, 5.74) is -0.647. The van der Waals surface area contributed by atoms with Crippen LogP contribution < -0.4 is 4.72 Å². The zero-order chi connectivity index (χ0) is 13.1. The van der Waals surface area contributed by atoms with Gasteiger partial charge < -0.3 is 0 Å². The fraction of sp³-hybridized carbons (Fsp3) is 0.333. The molecule has 1 aromatic heterocycles. The third-order valence-corrected chi connectivity index (χ3v) is 3.22. The molecule has 0 amide bonds. The standard InChI is InChI=1S/C9H8F3N3OS/c1-6(17(16)15-5-13)7-2-3-8(14-4-7)9(10,11)12/h2-4,6,15H,1H3. The summed E-state index contributed by atoms with van der Waals surface area (Å²) in [6, 6.07) is 2.01. The van der Waals surface area contributed by atoms with Crippen molar-refractivity contribution in [3.05, 3.63) is 29.6 Å². The molecule has 0 aliphatic rings. The van der Waals surface area contributed by atoms with Crippen molar-refractivity contribution in [2.45, 2.75) is 18.3 Å². The number of aromatic nitrogens is 1. The number of nitrogens with zero attached hydrogens (tertiary/aromatic N) is 2. The lowest BCUT2D eigenvalue weighted by Crippen LogP contribution is -2.17. The van der Waals surface area contributed by atoms with Crippen molar-refractivity contribution in [3.63, 3.8) is 0 Å². The average Bonchev–Trinajstić information content (AvgIpc) is 2.27. The molecule has 4 nitrogen and oxygen atoms in total. The van der Waals surface area contributed by atoms with Gasteiger partial charge in [-0.3, -0.25) is 4.98 Å². The lowest BCUT2D eigenvalue weighted by atomic mass is 10.2. The van der Waals surface area contributed by atoms with Crippen LogP contribution in [-0.4, -0.2) is 9.19 Å². The minimum absolute atomic E-state index is 0.360. The molecule has 0 aliphatic carbocycles. The summed E-state index contributed by atoms with van der Waals surface area (Å²) < 4.78 is 50.0. The van der Waals surface area contributed by atoms with Gasteiger partial charge in [0, 0.05) is 6.20 Å². The van der Waals surface area contributed by atoms with E-state index >= 15 is 0 Å². The first-order chi connectivity index (χ1) is 7.86. The third kappa shape index (κ3) is 3.42. The minimum atomic E-state index is -4.49. The number of hydrogen-bond donors (Lipinski definition) is 1. The summed E-state index contributed by atoms with van der Waals surface area (Å²) >= 11 is 0. The Morgan fingerprint density at radius 1 is 1.53 bits per heavy atom. The molecule has 0 radical (unpaired) electrons. The quantitative estimate of drug-likeness (QED) is 0.669. The van der Waals surface area contributed by atoms with Gasteiger partial charge in [-0.25, -0.2) is 8.93 Å². The van der Waals surface area contributed by atoms with Gasteiger partial charge in [-0.05, 0) is 18.6 Å². The van der Waals surface area contributed by atoms with Crippen LogP contribution in [0.5, 0.6) is 0 Å². The number of rotatable bonds is 3. The number of alkyl halides is 3. The summed E-state index contributed by atoms with van der Waals surface area (Å²) in [4.78, 5) is 3.24. The molecule has 2 atom stereocenters. The molecule has 0 aliphatic heterocycles. The molecule has 17 heavy (non-hydrogen) atoms. The maximum atomic E-state index is 12.2. The van der Waals surface area contributed by atoms with E-state index in [9.17, 15) is 17.4 Å². The molecule has 0 spiro atoms. The Labute approximate surface area is 98.1 Å². The monoisotopic (exact) mass is 263 g/mol. The fourth-order valence-electron chi connectivity index (χ4n) is 1.07. The summed E-state index contributed by atoms with van der Waals surface area (Å²) in [5, 5.41) is 7.64. The van der Waals surface area contributed by atoms with Crippen molar-refractivity contribution >= 4 is 11.0 Å². The van der Waals surface area contributed by atoms with Crippen molar-refractivity contribution in [3.8, 4) is 6.19 Å². The van der Waals surface area contributed by atoms with Gasteiger partial charge in [0.1, 0.15) is 16.7 Å². The van der Waals surface area contributed by atoms with Gasteiger partial charge in [0.2, 0.25) is 0 Å². The highest BCUT2D eigenvalue weighted by Gasteiger charge is 2.32. The second kappa shape index (κ2) is 5.14. The Kier molecular flexibility index (Phi) is 4.07. The van der Waals surface area contributed by atoms with Gasteiger partial charge in [0.15, 0.2) is 6.19 Å². The van der Waals surface area contributed by atoms with Crippen molar-refractivity contribution in [1.29, 1.82) is 5.26 Å². The van der Waals surface area contributed by atoms with Crippen LogP contribution in [0.15, 0.2) is 18.3 Å². The number of nitrogens with one attached hydrogen (secondary N) is 1. The highest BCUT2D eigenvalue weighted by atomic mass is 32.2. The Morgan fingerprint density at radius 3 is 2.59 bits per heavy atom. The van der Waals surface area contributed by atoms with Crippen molar-refractivity contribution in [2.75, 3.05) is 0 Å². The number of hydrogen-bond acceptors (Lipinski definition) is 3. The molecule has 1 heterocycles. The predicted molar refractivity (Wildman–Crippen MR) is 54.5 cm³/mol. The lowest BCUT2D eigenvalue weighted by Gasteiger charge is -2.11. The van der Waals surface area contributed by atoms with Gasteiger partial charge >= 0.3 is 6.18 Å². The minimum Gasteiger partial charge on any atom is -0.251 e. The number of halogens is 3. The van der Waals surface area contributed by atoms with E-state index in [0.29, 0.717) is 5.56 Å². The summed E-state index contributed by atoms with van der Waals surface area (Å²) in [6.07, 6.45) is -1.99. The first-order valence-electron chi connectivity index (χ1n) is 4.44. The molecule has 0 saturated carbocycles. The van der Waals surface area contributed by atoms with Gasteiger partial charge in [0.25, 0.3) is 0 Å². The maximum absolute atomic E-state index is 12.2. The van der Waals surface area contributed by atoms with E-state index in [1.807, 2.05) is 4.72 Å². The largest absolute Gasteiger partial charge is 0.433 e. The second-order valence-electron chi connectivity index (χ2n) is 3.13. The second-order valence-corrected chi connectivity index (χ2v) is 4.63. The number of pyridine rings is 1. The molecule has 8 heteroatoms. The normalized spacial score (nSPS) is 14.8. The van der Waals surface area contributed by atoms with E-state index in [0.717, 1.165) is 12.3 Å². The Bertz CT molecular complexity index is 452. The topological polar surface area (TPSA) is 65.8 Å². The lowest BCUT2D eigenvalue weighted by molar-refractivity contribution is -0.141. The van der Waals surface area contributed by atoms with Crippen LogP contribution in [-0.2, 0) is 17.2 Å². The van der Waals surface area contributed by atoms with Crippen LogP contribution in [0.2, 0.25) is 0 Å². The first-order valence-corrected chi connectivity index (χ1v) is 5.66. The Morgan fingerprint density at radius 2 is 2.18 bits per heavy atom. The molecule has 2 unspecified atom stereocenters. The highest BCUT2D eigenvalue weighted by Crippen LogP contribution is 2.28. The molecule has 0 saturated heterocycles. The van der Waals surface area contributed by atoms with Crippen LogP contribution in [0.1, 0.15) is 23.4 Å². The SMILES string of the molecule is CC(c1ccc(C(F)(F)F)nc1)S(=O)NC#N. The van der Waals surface area contributed by atoms with Gasteiger partial charge in [-0.1, -0.05) is 6.07 Å². The molecule has 92 valence electrons. The molecule has 1 aromatic rings. The Hall–Kier alpha value is -1.62. The van der Waals surface area contributed by atoms with Gasteiger partial charge in [-0.15, -0.1) is 0 Å². The van der Waals surface area contributed by atoms with Crippen LogP contribution in [0, 0.1) is 11.5 Å². The van der Waals surface area contributed by atoms with Crippen LogP contribution in [0.3, 0.4) is 0 Å². The molecule has 0 aromatic carbocycles. The van der Waals surface area contributed by atoms with Crippen molar-refractivity contribution in [2.24, 2.45) is 0 Å². The molecule has 1 N–H and O–H groups in total. The zero-order valence-electron chi connectivity index (χ0n) is 8.65. The molecule has 0 bridgehead atoms. The van der Waals surface area contributed by atoms with E-state index in [1.54, 1.807) is 0 Å². The summed E-state index contributed by atoms with van der Waals surface area (Å²) in [5.74, 6) is 0.